The lowest BCUT2D eigenvalue weighted by Gasteiger charge is -2.14. The van der Waals surface area contributed by atoms with Crippen LogP contribution in [0.5, 0.6) is 0 Å². The Bertz CT molecular complexity index is 291. The van der Waals surface area contributed by atoms with E-state index in [2.05, 4.69) is 10.3 Å². The maximum Gasteiger partial charge on any atom is 0.326 e. The predicted octanol–water partition coefficient (Wildman–Crippen LogP) is 1.50. The Morgan fingerprint density at radius 1 is 1.57 bits per heavy atom. The van der Waals surface area contributed by atoms with Gasteiger partial charge in [-0.3, -0.25) is 9.29 Å². The molecule has 1 rings (SSSR count). The predicted molar refractivity (Wildman–Crippen MR) is 57.8 cm³/mol. The summed E-state index contributed by atoms with van der Waals surface area (Å²) in [5, 5.41) is 2.55. The lowest BCUT2D eigenvalue weighted by Crippen LogP contribution is -2.29. The van der Waals surface area contributed by atoms with Crippen LogP contribution in [-0.2, 0) is 5.75 Å². The molecule has 76 valence electrons. The molecule has 0 aromatic carbocycles. The minimum absolute atomic E-state index is 0.0935. The summed E-state index contributed by atoms with van der Waals surface area (Å²) in [7, 11) is 3.36. The van der Waals surface area contributed by atoms with E-state index in [1.807, 2.05) is 12.1 Å². The fraction of sp³-hybridized carbons (Fsp3) is 0.333. The van der Waals surface area contributed by atoms with Gasteiger partial charge in [0.05, 0.1) is 0 Å². The van der Waals surface area contributed by atoms with Gasteiger partial charge in [-0.25, -0.2) is 4.79 Å². The van der Waals surface area contributed by atoms with E-state index < -0.39 is 0 Å². The Morgan fingerprint density at radius 3 is 2.79 bits per heavy atom. The van der Waals surface area contributed by atoms with Gasteiger partial charge in [0, 0.05) is 32.2 Å². The second kappa shape index (κ2) is 5.49. The van der Waals surface area contributed by atoms with Crippen molar-refractivity contribution in [3.05, 3.63) is 30.1 Å². The van der Waals surface area contributed by atoms with Gasteiger partial charge in [-0.2, -0.15) is 0 Å². The van der Waals surface area contributed by atoms with E-state index in [9.17, 15) is 4.79 Å². The summed E-state index contributed by atoms with van der Waals surface area (Å²) in [5.74, 6) is 0.770. The molecule has 0 atom stereocenters. The molecule has 0 bridgehead atoms. The third-order valence-corrected chi connectivity index (χ3v) is 2.69. The van der Waals surface area contributed by atoms with Crippen LogP contribution in [0.2, 0.25) is 0 Å². The Labute approximate surface area is 87.8 Å². The number of urea groups is 1. The number of nitrogens with one attached hydrogen (secondary N) is 1. The van der Waals surface area contributed by atoms with E-state index in [1.54, 1.807) is 30.8 Å². The number of rotatable bonds is 3. The van der Waals surface area contributed by atoms with Crippen LogP contribution < -0.4 is 5.32 Å². The van der Waals surface area contributed by atoms with E-state index in [0.717, 1.165) is 11.3 Å². The number of hydrogen-bond donors (Lipinski definition) is 1. The summed E-state index contributed by atoms with van der Waals surface area (Å²) in [6.45, 7) is 0. The molecule has 2 amide bonds. The summed E-state index contributed by atoms with van der Waals surface area (Å²) < 4.78 is 1.57. The van der Waals surface area contributed by atoms with Crippen LogP contribution in [0, 0.1) is 0 Å². The topological polar surface area (TPSA) is 45.2 Å². The second-order valence-corrected chi connectivity index (χ2v) is 3.78. The van der Waals surface area contributed by atoms with Crippen LogP contribution in [0.15, 0.2) is 24.5 Å². The summed E-state index contributed by atoms with van der Waals surface area (Å²) in [5.41, 5.74) is 1.15. The smallest absolute Gasteiger partial charge is 0.326 e. The molecule has 14 heavy (non-hydrogen) atoms. The molecule has 0 aliphatic heterocycles. The average molecular weight is 211 g/mol. The highest BCUT2D eigenvalue weighted by Gasteiger charge is 2.05. The molecule has 0 radical (unpaired) electrons. The molecule has 0 fully saturated rings. The lowest BCUT2D eigenvalue weighted by molar-refractivity contribution is 0.233. The number of aromatic nitrogens is 1. The molecular weight excluding hydrogens is 198 g/mol. The summed E-state index contributed by atoms with van der Waals surface area (Å²) in [6.07, 6.45) is 3.49. The first-order valence-electron chi connectivity index (χ1n) is 4.21. The monoisotopic (exact) mass is 211 g/mol. The standard InChI is InChI=1S/C9H13N3OS/c1-10-9(13)12(2)14-7-8-3-5-11-6-4-8/h3-6H,7H2,1-2H3,(H,10,13). The van der Waals surface area contributed by atoms with E-state index in [-0.39, 0.29) is 6.03 Å². The number of pyridine rings is 1. The molecule has 0 aliphatic carbocycles. The fourth-order valence-corrected chi connectivity index (χ4v) is 1.61. The molecule has 0 spiro atoms. The van der Waals surface area contributed by atoms with Crippen molar-refractivity contribution in [2.45, 2.75) is 5.75 Å². The van der Waals surface area contributed by atoms with Gasteiger partial charge in [-0.1, -0.05) is 0 Å². The van der Waals surface area contributed by atoms with E-state index in [0.29, 0.717) is 0 Å². The average Bonchev–Trinajstić information content (AvgIpc) is 2.26. The minimum atomic E-state index is -0.0935. The van der Waals surface area contributed by atoms with Gasteiger partial charge in [0.25, 0.3) is 0 Å². The highest BCUT2D eigenvalue weighted by Crippen LogP contribution is 2.14. The number of amides is 2. The first kappa shape index (κ1) is 10.8. The van der Waals surface area contributed by atoms with Gasteiger partial charge < -0.3 is 5.32 Å². The largest absolute Gasteiger partial charge is 0.340 e. The van der Waals surface area contributed by atoms with Crippen molar-refractivity contribution in [2.75, 3.05) is 14.1 Å². The number of hydrogen-bond acceptors (Lipinski definition) is 3. The van der Waals surface area contributed by atoms with Crippen molar-refractivity contribution in [2.24, 2.45) is 0 Å². The highest BCUT2D eigenvalue weighted by atomic mass is 32.2. The van der Waals surface area contributed by atoms with Crippen LogP contribution >= 0.6 is 11.9 Å². The molecular formula is C9H13N3OS. The molecule has 1 N–H and O–H groups in total. The van der Waals surface area contributed by atoms with Gasteiger partial charge in [-0.15, -0.1) is 0 Å². The van der Waals surface area contributed by atoms with Crippen molar-refractivity contribution in [1.82, 2.24) is 14.6 Å². The zero-order valence-electron chi connectivity index (χ0n) is 8.23. The molecule has 0 saturated carbocycles. The Morgan fingerprint density at radius 2 is 2.21 bits per heavy atom. The summed E-state index contributed by atoms with van der Waals surface area (Å²) >= 11 is 1.46. The Balaban J connectivity index is 2.38. The highest BCUT2D eigenvalue weighted by molar-refractivity contribution is 7.96. The molecule has 1 heterocycles. The third kappa shape index (κ3) is 3.26. The maximum atomic E-state index is 11.1. The minimum Gasteiger partial charge on any atom is -0.340 e. The zero-order chi connectivity index (χ0) is 10.4. The number of carbonyl (C=O) groups excluding carboxylic acids is 1. The van der Waals surface area contributed by atoms with Crippen molar-refractivity contribution >= 4 is 18.0 Å². The van der Waals surface area contributed by atoms with Crippen molar-refractivity contribution in [3.63, 3.8) is 0 Å². The van der Waals surface area contributed by atoms with Crippen LogP contribution in [0.3, 0.4) is 0 Å². The van der Waals surface area contributed by atoms with E-state index in [4.69, 9.17) is 0 Å². The zero-order valence-corrected chi connectivity index (χ0v) is 9.04. The molecule has 0 saturated heterocycles. The molecule has 1 aromatic rings. The van der Waals surface area contributed by atoms with E-state index in [1.165, 1.54) is 11.9 Å². The first-order valence-corrected chi connectivity index (χ1v) is 5.15. The fourth-order valence-electron chi connectivity index (χ4n) is 0.866. The normalized spacial score (nSPS) is 9.57. The number of carbonyl (C=O) groups is 1. The quantitative estimate of drug-likeness (QED) is 0.771. The van der Waals surface area contributed by atoms with Crippen LogP contribution in [-0.4, -0.2) is 29.4 Å². The Hall–Kier alpha value is -1.23. The van der Waals surface area contributed by atoms with Gasteiger partial charge in [0.15, 0.2) is 0 Å². The summed E-state index contributed by atoms with van der Waals surface area (Å²) in [4.78, 5) is 15.0. The Kier molecular flexibility index (Phi) is 4.25. The summed E-state index contributed by atoms with van der Waals surface area (Å²) in [6, 6.07) is 3.78. The SMILES string of the molecule is CNC(=O)N(C)SCc1ccncc1. The van der Waals surface area contributed by atoms with Gasteiger partial charge in [-0.05, 0) is 29.6 Å². The van der Waals surface area contributed by atoms with Crippen LogP contribution in [0.1, 0.15) is 5.56 Å². The van der Waals surface area contributed by atoms with Gasteiger partial charge in [0.2, 0.25) is 0 Å². The van der Waals surface area contributed by atoms with Crippen molar-refractivity contribution in [1.29, 1.82) is 0 Å². The van der Waals surface area contributed by atoms with Gasteiger partial charge in [0.1, 0.15) is 0 Å². The van der Waals surface area contributed by atoms with Crippen molar-refractivity contribution < 1.29 is 4.79 Å². The molecule has 1 aromatic heterocycles. The third-order valence-electron chi connectivity index (χ3n) is 1.67. The maximum absolute atomic E-state index is 11.1. The number of nitrogens with zero attached hydrogens (tertiary/aromatic N) is 2. The second-order valence-electron chi connectivity index (χ2n) is 2.68. The van der Waals surface area contributed by atoms with Crippen LogP contribution in [0.25, 0.3) is 0 Å². The van der Waals surface area contributed by atoms with E-state index >= 15 is 0 Å². The molecule has 0 unspecified atom stereocenters. The van der Waals surface area contributed by atoms with Crippen molar-refractivity contribution in [3.8, 4) is 0 Å². The lowest BCUT2D eigenvalue weighted by atomic mass is 10.3. The van der Waals surface area contributed by atoms with Crippen LogP contribution in [0.4, 0.5) is 4.79 Å². The van der Waals surface area contributed by atoms with Gasteiger partial charge >= 0.3 is 6.03 Å². The molecule has 5 heteroatoms. The first-order chi connectivity index (χ1) is 6.74. The molecule has 0 aliphatic rings. The molecule has 4 nitrogen and oxygen atoms in total.